The summed E-state index contributed by atoms with van der Waals surface area (Å²) in [6.07, 6.45) is 3.06. The van der Waals surface area contributed by atoms with Gasteiger partial charge in [0.05, 0.1) is 12.7 Å². The van der Waals surface area contributed by atoms with E-state index in [9.17, 15) is 8.42 Å². The lowest BCUT2D eigenvalue weighted by Crippen LogP contribution is -2.25. The average Bonchev–Trinajstić information content (AvgIpc) is 3.05. The van der Waals surface area contributed by atoms with Crippen LogP contribution in [-0.4, -0.2) is 40.9 Å². The van der Waals surface area contributed by atoms with Crippen LogP contribution in [0.3, 0.4) is 0 Å². The van der Waals surface area contributed by atoms with Crippen LogP contribution in [0.2, 0.25) is 0 Å². The van der Waals surface area contributed by atoms with Crippen molar-refractivity contribution in [1.29, 1.82) is 0 Å². The van der Waals surface area contributed by atoms with Crippen LogP contribution in [-0.2, 0) is 19.5 Å². The number of hydrogen-bond acceptors (Lipinski definition) is 5. The number of sulfonamides is 1. The lowest BCUT2D eigenvalue weighted by molar-refractivity contribution is 0.0169. The Hall–Kier alpha value is -0.470. The molecule has 0 bridgehead atoms. The molecule has 2 rings (SSSR count). The largest absolute Gasteiger partial charge is 0.379 e. The highest BCUT2D eigenvalue weighted by molar-refractivity contribution is 7.91. The van der Waals surface area contributed by atoms with Crippen LogP contribution in [0, 0.1) is 0 Å². The molecule has 1 atom stereocenters. The molecule has 0 amide bonds. The first-order valence-electron chi connectivity index (χ1n) is 6.41. The maximum Gasteiger partial charge on any atom is 0.250 e. The molecule has 7 heteroatoms. The van der Waals surface area contributed by atoms with E-state index in [2.05, 4.69) is 4.72 Å². The first-order valence-corrected chi connectivity index (χ1v) is 8.77. The fourth-order valence-corrected chi connectivity index (χ4v) is 3.97. The van der Waals surface area contributed by atoms with E-state index in [1.165, 1.54) is 11.3 Å². The first kappa shape index (κ1) is 14.9. The molecule has 1 fully saturated rings. The maximum atomic E-state index is 11.8. The Morgan fingerprint density at radius 3 is 3.11 bits per heavy atom. The molecule has 5 nitrogen and oxygen atoms in total. The van der Waals surface area contributed by atoms with Gasteiger partial charge in [0.1, 0.15) is 4.21 Å². The second-order valence-corrected chi connectivity index (χ2v) is 7.33. The molecule has 0 aliphatic carbocycles. The van der Waals surface area contributed by atoms with Gasteiger partial charge in [-0.05, 0) is 30.7 Å². The smallest absolute Gasteiger partial charge is 0.250 e. The minimum atomic E-state index is -3.33. The number of nitrogens with one attached hydrogen (secondary N) is 1. The van der Waals surface area contributed by atoms with Crippen molar-refractivity contribution in [2.45, 2.75) is 29.6 Å². The second-order valence-electron chi connectivity index (χ2n) is 4.39. The normalized spacial score (nSPS) is 19.9. The fraction of sp³-hybridized carbons (Fsp3) is 0.667. The van der Waals surface area contributed by atoms with E-state index < -0.39 is 10.0 Å². The number of thiophene rings is 1. The highest BCUT2D eigenvalue weighted by Gasteiger charge is 2.16. The van der Waals surface area contributed by atoms with Crippen molar-refractivity contribution in [1.82, 2.24) is 4.72 Å². The predicted molar refractivity (Wildman–Crippen MR) is 73.9 cm³/mol. The quantitative estimate of drug-likeness (QED) is 0.741. The summed E-state index contributed by atoms with van der Waals surface area (Å²) in [4.78, 5) is 0. The Morgan fingerprint density at radius 2 is 2.42 bits per heavy atom. The topological polar surface area (TPSA) is 64.6 Å². The van der Waals surface area contributed by atoms with Crippen molar-refractivity contribution in [2.75, 3.05) is 26.4 Å². The Labute approximate surface area is 118 Å². The van der Waals surface area contributed by atoms with Crippen LogP contribution >= 0.6 is 11.3 Å². The van der Waals surface area contributed by atoms with Gasteiger partial charge in [0.15, 0.2) is 0 Å². The molecular formula is C12H19NO4S2. The van der Waals surface area contributed by atoms with Crippen LogP contribution in [0.5, 0.6) is 0 Å². The third-order valence-electron chi connectivity index (χ3n) is 2.85. The van der Waals surface area contributed by atoms with E-state index in [1.807, 2.05) is 0 Å². The van der Waals surface area contributed by atoms with E-state index in [4.69, 9.17) is 9.47 Å². The Bertz CT molecular complexity index is 452. The lowest BCUT2D eigenvalue weighted by atomic mass is 10.2. The van der Waals surface area contributed by atoms with Crippen LogP contribution in [0.25, 0.3) is 0 Å². The molecule has 1 saturated heterocycles. The van der Waals surface area contributed by atoms with E-state index in [0.717, 1.165) is 19.4 Å². The lowest BCUT2D eigenvalue weighted by Gasteiger charge is -2.10. The summed E-state index contributed by atoms with van der Waals surface area (Å²) in [5.41, 5.74) is 0. The van der Waals surface area contributed by atoms with E-state index in [1.54, 1.807) is 17.5 Å². The summed E-state index contributed by atoms with van der Waals surface area (Å²) >= 11 is 1.22. The van der Waals surface area contributed by atoms with Gasteiger partial charge in [-0.2, -0.15) is 0 Å². The molecule has 0 radical (unpaired) electrons. The highest BCUT2D eigenvalue weighted by Crippen LogP contribution is 2.15. The van der Waals surface area contributed by atoms with Crippen molar-refractivity contribution < 1.29 is 17.9 Å². The number of ether oxygens (including phenoxy) is 2. The summed E-state index contributed by atoms with van der Waals surface area (Å²) < 4.78 is 37.4. The van der Waals surface area contributed by atoms with Gasteiger partial charge in [0.2, 0.25) is 10.0 Å². The molecule has 0 saturated carbocycles. The molecule has 1 unspecified atom stereocenters. The molecule has 2 heterocycles. The van der Waals surface area contributed by atoms with E-state index in [0.29, 0.717) is 30.4 Å². The first-order chi connectivity index (χ1) is 9.18. The zero-order valence-electron chi connectivity index (χ0n) is 10.7. The molecular weight excluding hydrogens is 286 g/mol. The molecule has 1 aromatic heterocycles. The van der Waals surface area contributed by atoms with E-state index >= 15 is 0 Å². The molecule has 19 heavy (non-hydrogen) atoms. The SMILES string of the molecule is O=S(=O)(NCCCOCC1CCCO1)c1cccs1. The van der Waals surface area contributed by atoms with Crippen LogP contribution in [0.1, 0.15) is 19.3 Å². The Morgan fingerprint density at radius 1 is 1.53 bits per heavy atom. The summed E-state index contributed by atoms with van der Waals surface area (Å²) in [6.45, 7) is 2.38. The zero-order chi connectivity index (χ0) is 13.6. The minimum absolute atomic E-state index is 0.225. The van der Waals surface area contributed by atoms with Crippen molar-refractivity contribution >= 4 is 21.4 Å². The average molecular weight is 305 g/mol. The second kappa shape index (κ2) is 7.35. The van der Waals surface area contributed by atoms with Gasteiger partial charge in [-0.25, -0.2) is 13.1 Å². The van der Waals surface area contributed by atoms with Crippen LogP contribution in [0.15, 0.2) is 21.7 Å². The summed E-state index contributed by atoms with van der Waals surface area (Å²) in [5.74, 6) is 0. The van der Waals surface area contributed by atoms with Gasteiger partial charge >= 0.3 is 0 Å². The molecule has 1 aromatic rings. The molecule has 108 valence electrons. The maximum absolute atomic E-state index is 11.8. The molecule has 0 aromatic carbocycles. The van der Waals surface area contributed by atoms with Crippen molar-refractivity contribution in [3.8, 4) is 0 Å². The van der Waals surface area contributed by atoms with Gasteiger partial charge in [-0.15, -0.1) is 11.3 Å². The number of rotatable bonds is 8. The van der Waals surface area contributed by atoms with E-state index in [-0.39, 0.29) is 6.10 Å². The Balaban J connectivity index is 1.56. The van der Waals surface area contributed by atoms with Gasteiger partial charge in [-0.3, -0.25) is 0 Å². The molecule has 1 N–H and O–H groups in total. The standard InChI is InChI=1S/C12H19NO4S2/c14-19(15,12-5-2-9-18-12)13-6-3-7-16-10-11-4-1-8-17-11/h2,5,9,11,13H,1,3-4,6-8,10H2. The van der Waals surface area contributed by atoms with Crippen LogP contribution < -0.4 is 4.72 Å². The van der Waals surface area contributed by atoms with Gasteiger partial charge in [0.25, 0.3) is 0 Å². The minimum Gasteiger partial charge on any atom is -0.379 e. The van der Waals surface area contributed by atoms with Crippen molar-refractivity contribution in [2.24, 2.45) is 0 Å². The highest BCUT2D eigenvalue weighted by atomic mass is 32.2. The van der Waals surface area contributed by atoms with Crippen molar-refractivity contribution in [3.63, 3.8) is 0 Å². The number of hydrogen-bond donors (Lipinski definition) is 1. The molecule has 1 aliphatic rings. The summed E-state index contributed by atoms with van der Waals surface area (Å²) in [5, 5.41) is 1.75. The molecule has 1 aliphatic heterocycles. The Kier molecular flexibility index (Phi) is 5.77. The third kappa shape index (κ3) is 4.85. The summed E-state index contributed by atoms with van der Waals surface area (Å²) in [7, 11) is -3.33. The van der Waals surface area contributed by atoms with Gasteiger partial charge < -0.3 is 9.47 Å². The molecule has 0 spiro atoms. The van der Waals surface area contributed by atoms with Crippen molar-refractivity contribution in [3.05, 3.63) is 17.5 Å². The summed E-state index contributed by atoms with van der Waals surface area (Å²) in [6, 6.07) is 3.32. The zero-order valence-corrected chi connectivity index (χ0v) is 12.3. The fourth-order valence-electron chi connectivity index (χ4n) is 1.86. The predicted octanol–water partition coefficient (Wildman–Crippen LogP) is 1.61. The van der Waals surface area contributed by atoms with Gasteiger partial charge in [-0.1, -0.05) is 6.07 Å². The third-order valence-corrected chi connectivity index (χ3v) is 5.70. The van der Waals surface area contributed by atoms with Gasteiger partial charge in [0, 0.05) is 19.8 Å². The van der Waals surface area contributed by atoms with Crippen LogP contribution in [0.4, 0.5) is 0 Å². The monoisotopic (exact) mass is 305 g/mol.